The maximum absolute atomic E-state index is 9.43. The van der Waals surface area contributed by atoms with Gasteiger partial charge >= 0.3 is 0 Å². The molecule has 3 aromatic rings. The first-order valence-electron chi connectivity index (χ1n) is 6.78. The standard InChI is InChI=1S/C16H15N5S/c1-9-5-4-6-11(7-9)21-10(2)19-15-13(14(21)18)12(8-17)16(20-15)22-3/h4-7,18,20H,1-3H3. The normalized spacial score (nSPS) is 10.8. The fourth-order valence-corrected chi connectivity index (χ4v) is 3.16. The molecule has 0 spiro atoms. The molecule has 6 heteroatoms. The molecule has 0 fully saturated rings. The van der Waals surface area contributed by atoms with Crippen molar-refractivity contribution >= 4 is 22.8 Å². The summed E-state index contributed by atoms with van der Waals surface area (Å²) in [7, 11) is 0. The van der Waals surface area contributed by atoms with Crippen molar-refractivity contribution in [2.75, 3.05) is 6.26 Å². The lowest BCUT2D eigenvalue weighted by Crippen LogP contribution is -2.22. The number of aromatic amines is 1. The number of thioether (sulfide) groups is 1. The molecule has 22 heavy (non-hydrogen) atoms. The van der Waals surface area contributed by atoms with Gasteiger partial charge in [-0.1, -0.05) is 12.1 Å². The van der Waals surface area contributed by atoms with E-state index in [4.69, 9.17) is 5.41 Å². The van der Waals surface area contributed by atoms with Gasteiger partial charge in [-0.05, 0) is 37.8 Å². The molecule has 2 heterocycles. The van der Waals surface area contributed by atoms with E-state index in [0.29, 0.717) is 22.4 Å². The summed E-state index contributed by atoms with van der Waals surface area (Å²) >= 11 is 1.45. The van der Waals surface area contributed by atoms with E-state index >= 15 is 0 Å². The van der Waals surface area contributed by atoms with Crippen LogP contribution in [-0.2, 0) is 0 Å². The van der Waals surface area contributed by atoms with E-state index in [1.807, 2.05) is 44.4 Å². The molecule has 2 N–H and O–H groups in total. The van der Waals surface area contributed by atoms with Gasteiger partial charge in [-0.15, -0.1) is 11.8 Å². The third-order valence-corrected chi connectivity index (χ3v) is 4.29. The number of benzene rings is 1. The Kier molecular flexibility index (Phi) is 3.51. The highest BCUT2D eigenvalue weighted by atomic mass is 32.2. The second kappa shape index (κ2) is 5.35. The minimum Gasteiger partial charge on any atom is -0.333 e. The maximum atomic E-state index is 9.43. The zero-order chi connectivity index (χ0) is 15.9. The molecular formula is C16H15N5S. The molecule has 110 valence electrons. The van der Waals surface area contributed by atoms with Crippen molar-refractivity contribution < 1.29 is 0 Å². The zero-order valence-electron chi connectivity index (χ0n) is 12.6. The summed E-state index contributed by atoms with van der Waals surface area (Å²) in [5, 5.41) is 19.3. The lowest BCUT2D eigenvalue weighted by molar-refractivity contribution is 0.853. The molecule has 0 aliphatic heterocycles. The Morgan fingerprint density at radius 3 is 2.77 bits per heavy atom. The van der Waals surface area contributed by atoms with Crippen LogP contribution in [0.25, 0.3) is 16.7 Å². The molecule has 0 saturated heterocycles. The number of aryl methyl sites for hydroxylation is 2. The Labute approximate surface area is 132 Å². The highest BCUT2D eigenvalue weighted by Crippen LogP contribution is 2.25. The fourth-order valence-electron chi connectivity index (χ4n) is 2.61. The molecule has 2 aromatic heterocycles. The lowest BCUT2D eigenvalue weighted by Gasteiger charge is -2.11. The SMILES string of the molecule is CSc1[nH]c2nc(C)n(-c3cccc(C)c3)c(=N)c2c1C#N. The monoisotopic (exact) mass is 309 g/mol. The van der Waals surface area contributed by atoms with Crippen LogP contribution >= 0.6 is 11.8 Å². The van der Waals surface area contributed by atoms with Crippen molar-refractivity contribution in [2.45, 2.75) is 18.9 Å². The summed E-state index contributed by atoms with van der Waals surface area (Å²) in [6.45, 7) is 3.88. The predicted octanol–water partition coefficient (Wildman–Crippen LogP) is 3.04. The molecule has 0 radical (unpaired) electrons. The number of nitriles is 1. The summed E-state index contributed by atoms with van der Waals surface area (Å²) in [5.41, 5.74) is 3.35. The fraction of sp³-hybridized carbons (Fsp3) is 0.188. The van der Waals surface area contributed by atoms with E-state index in [1.54, 1.807) is 4.57 Å². The van der Waals surface area contributed by atoms with E-state index < -0.39 is 0 Å². The van der Waals surface area contributed by atoms with Crippen LogP contribution in [0.3, 0.4) is 0 Å². The highest BCUT2D eigenvalue weighted by Gasteiger charge is 2.17. The Morgan fingerprint density at radius 1 is 1.36 bits per heavy atom. The number of hydrogen-bond donors (Lipinski definition) is 2. The van der Waals surface area contributed by atoms with Crippen molar-refractivity contribution in [3.63, 3.8) is 0 Å². The molecule has 3 rings (SSSR count). The van der Waals surface area contributed by atoms with Gasteiger partial charge in [0.15, 0.2) is 0 Å². The van der Waals surface area contributed by atoms with Gasteiger partial charge < -0.3 is 4.98 Å². The average molecular weight is 309 g/mol. The van der Waals surface area contributed by atoms with Crippen molar-refractivity contribution in [3.8, 4) is 11.8 Å². The smallest absolute Gasteiger partial charge is 0.145 e. The van der Waals surface area contributed by atoms with Gasteiger partial charge in [-0.2, -0.15) is 5.26 Å². The second-order valence-electron chi connectivity index (χ2n) is 5.05. The quantitative estimate of drug-likeness (QED) is 0.714. The zero-order valence-corrected chi connectivity index (χ0v) is 13.4. The second-order valence-corrected chi connectivity index (χ2v) is 5.87. The largest absolute Gasteiger partial charge is 0.333 e. The summed E-state index contributed by atoms with van der Waals surface area (Å²) in [4.78, 5) is 7.68. The Hall–Kier alpha value is -2.52. The van der Waals surface area contributed by atoms with E-state index in [9.17, 15) is 5.26 Å². The number of hydrogen-bond acceptors (Lipinski definition) is 4. The minimum atomic E-state index is 0.279. The Balaban J connectivity index is 2.43. The van der Waals surface area contributed by atoms with Gasteiger partial charge in [0.25, 0.3) is 0 Å². The van der Waals surface area contributed by atoms with Crippen LogP contribution in [0.4, 0.5) is 0 Å². The summed E-state index contributed by atoms with van der Waals surface area (Å²) < 4.78 is 1.77. The van der Waals surface area contributed by atoms with Gasteiger partial charge in [-0.3, -0.25) is 9.98 Å². The molecule has 1 aromatic carbocycles. The third-order valence-electron chi connectivity index (χ3n) is 3.58. The lowest BCUT2D eigenvalue weighted by atomic mass is 10.2. The molecular weight excluding hydrogens is 294 g/mol. The van der Waals surface area contributed by atoms with Crippen molar-refractivity contribution in [1.82, 2.24) is 14.5 Å². The van der Waals surface area contributed by atoms with Crippen LogP contribution in [-0.4, -0.2) is 20.8 Å². The van der Waals surface area contributed by atoms with Gasteiger partial charge in [0, 0.05) is 5.69 Å². The van der Waals surface area contributed by atoms with Gasteiger partial charge in [0.1, 0.15) is 23.0 Å². The van der Waals surface area contributed by atoms with Crippen LogP contribution in [0.1, 0.15) is 17.0 Å². The van der Waals surface area contributed by atoms with Crippen LogP contribution < -0.4 is 5.49 Å². The average Bonchev–Trinajstić information content (AvgIpc) is 2.85. The Morgan fingerprint density at radius 2 is 2.14 bits per heavy atom. The number of fused-ring (bicyclic) bond motifs is 1. The number of nitrogens with one attached hydrogen (secondary N) is 2. The molecule has 0 atom stereocenters. The molecule has 0 aliphatic carbocycles. The van der Waals surface area contributed by atoms with Crippen LogP contribution in [0.5, 0.6) is 0 Å². The predicted molar refractivity (Wildman–Crippen MR) is 87.2 cm³/mol. The van der Waals surface area contributed by atoms with Gasteiger partial charge in [0.2, 0.25) is 0 Å². The van der Waals surface area contributed by atoms with E-state index in [0.717, 1.165) is 16.3 Å². The van der Waals surface area contributed by atoms with Crippen LogP contribution in [0, 0.1) is 30.6 Å². The minimum absolute atomic E-state index is 0.279. The first kappa shape index (κ1) is 14.4. The summed E-state index contributed by atoms with van der Waals surface area (Å²) in [6.07, 6.45) is 1.90. The number of H-pyrrole nitrogens is 1. The topological polar surface area (TPSA) is 81.2 Å². The van der Waals surface area contributed by atoms with Gasteiger partial charge in [-0.25, -0.2) is 4.98 Å². The maximum Gasteiger partial charge on any atom is 0.145 e. The van der Waals surface area contributed by atoms with Gasteiger partial charge in [0.05, 0.1) is 16.0 Å². The van der Waals surface area contributed by atoms with Crippen molar-refractivity contribution in [3.05, 3.63) is 46.7 Å². The molecule has 0 unspecified atom stereocenters. The van der Waals surface area contributed by atoms with Crippen LogP contribution in [0.15, 0.2) is 29.3 Å². The van der Waals surface area contributed by atoms with Crippen LogP contribution in [0.2, 0.25) is 0 Å². The van der Waals surface area contributed by atoms with E-state index in [2.05, 4.69) is 16.0 Å². The number of aromatic nitrogens is 3. The van der Waals surface area contributed by atoms with E-state index in [-0.39, 0.29) is 5.49 Å². The molecule has 0 saturated carbocycles. The third kappa shape index (κ3) is 2.11. The molecule has 0 bridgehead atoms. The number of rotatable bonds is 2. The summed E-state index contributed by atoms with van der Waals surface area (Å²) in [5.74, 6) is 0.710. The first-order chi connectivity index (χ1) is 10.6. The first-order valence-corrected chi connectivity index (χ1v) is 8.00. The van der Waals surface area contributed by atoms with Crippen molar-refractivity contribution in [1.29, 1.82) is 10.7 Å². The highest BCUT2D eigenvalue weighted by molar-refractivity contribution is 7.98. The number of nitrogens with zero attached hydrogens (tertiary/aromatic N) is 3. The summed E-state index contributed by atoms with van der Waals surface area (Å²) in [6, 6.07) is 10.1. The van der Waals surface area contributed by atoms with Crippen molar-refractivity contribution in [2.24, 2.45) is 0 Å². The molecule has 5 nitrogen and oxygen atoms in total. The van der Waals surface area contributed by atoms with E-state index in [1.165, 1.54) is 11.8 Å². The Bertz CT molecular complexity index is 975. The molecule has 0 amide bonds. The molecule has 0 aliphatic rings.